The summed E-state index contributed by atoms with van der Waals surface area (Å²) in [5.41, 5.74) is 0.678. The number of benzene rings is 1. The molecule has 0 bridgehead atoms. The monoisotopic (exact) mass is 293 g/mol. The summed E-state index contributed by atoms with van der Waals surface area (Å²) >= 11 is 0. The van der Waals surface area contributed by atoms with E-state index in [1.807, 2.05) is 4.90 Å². The predicted octanol–water partition coefficient (Wildman–Crippen LogP) is 1.16. The van der Waals surface area contributed by atoms with Gasteiger partial charge in [0.1, 0.15) is 5.69 Å². The first-order chi connectivity index (χ1) is 9.93. The number of aliphatic hydroxyl groups excluding tert-OH is 1. The molecule has 0 spiro atoms. The number of hydrogen-bond donors (Lipinski definition) is 2. The molecule has 1 aromatic rings. The van der Waals surface area contributed by atoms with Gasteiger partial charge in [0.05, 0.1) is 11.0 Å². The third kappa shape index (κ3) is 3.13. The van der Waals surface area contributed by atoms with Gasteiger partial charge in [0, 0.05) is 37.7 Å². The van der Waals surface area contributed by atoms with Gasteiger partial charge in [-0.05, 0) is 25.5 Å². The molecule has 1 heterocycles. The highest BCUT2D eigenvalue weighted by Gasteiger charge is 2.30. The van der Waals surface area contributed by atoms with Crippen LogP contribution in [0.25, 0.3) is 0 Å². The first kappa shape index (κ1) is 15.2. The summed E-state index contributed by atoms with van der Waals surface area (Å²) in [5.74, 6) is -0.240. The van der Waals surface area contributed by atoms with Gasteiger partial charge in [-0.2, -0.15) is 0 Å². The van der Waals surface area contributed by atoms with Crippen LogP contribution < -0.4 is 10.2 Å². The quantitative estimate of drug-likeness (QED) is 0.641. The maximum atomic E-state index is 11.6. The molecule has 2 N–H and O–H groups in total. The van der Waals surface area contributed by atoms with Crippen molar-refractivity contribution < 1.29 is 14.8 Å². The fraction of sp³-hybridized carbons (Fsp3) is 0.500. The minimum Gasteiger partial charge on any atom is -0.393 e. The Kier molecular flexibility index (Phi) is 4.42. The number of carbonyl (C=O) groups is 1. The van der Waals surface area contributed by atoms with Crippen molar-refractivity contribution in [1.29, 1.82) is 0 Å². The molecule has 1 aromatic carbocycles. The van der Waals surface area contributed by atoms with Gasteiger partial charge in [-0.15, -0.1) is 0 Å². The molecule has 1 aliphatic heterocycles. The smallest absolute Gasteiger partial charge is 0.293 e. The van der Waals surface area contributed by atoms with Gasteiger partial charge < -0.3 is 15.3 Å². The molecule has 21 heavy (non-hydrogen) atoms. The van der Waals surface area contributed by atoms with Gasteiger partial charge in [0.15, 0.2) is 0 Å². The highest BCUT2D eigenvalue weighted by atomic mass is 16.6. The Bertz CT molecular complexity index is 559. The minimum atomic E-state index is -0.475. The number of rotatable bonds is 4. The molecule has 1 amide bonds. The lowest BCUT2D eigenvalue weighted by molar-refractivity contribution is -0.384. The molecule has 2 unspecified atom stereocenters. The van der Waals surface area contributed by atoms with E-state index in [9.17, 15) is 20.0 Å². The number of nitrogens with zero attached hydrogens (tertiary/aromatic N) is 2. The number of aliphatic hydroxyl groups is 1. The third-order valence-electron chi connectivity index (χ3n) is 3.91. The second-order valence-electron chi connectivity index (χ2n) is 5.28. The molecule has 1 aliphatic rings. The predicted molar refractivity (Wildman–Crippen MR) is 78.5 cm³/mol. The molecule has 0 radical (unpaired) electrons. The molecule has 114 valence electrons. The zero-order valence-electron chi connectivity index (χ0n) is 12.1. The van der Waals surface area contributed by atoms with Gasteiger partial charge in [0.2, 0.25) is 0 Å². The van der Waals surface area contributed by atoms with Gasteiger partial charge in [-0.3, -0.25) is 14.9 Å². The van der Waals surface area contributed by atoms with E-state index in [0.29, 0.717) is 18.8 Å². The number of nitro groups is 1. The molecular weight excluding hydrogens is 274 g/mol. The zero-order valence-corrected chi connectivity index (χ0v) is 12.1. The summed E-state index contributed by atoms with van der Waals surface area (Å²) in [5, 5.41) is 23.3. The Morgan fingerprint density at radius 3 is 2.81 bits per heavy atom. The van der Waals surface area contributed by atoms with Crippen LogP contribution in [0.4, 0.5) is 11.4 Å². The van der Waals surface area contributed by atoms with Gasteiger partial charge >= 0.3 is 0 Å². The van der Waals surface area contributed by atoms with Crippen LogP contribution in [0, 0.1) is 16.0 Å². The Labute approximate surface area is 122 Å². The largest absolute Gasteiger partial charge is 0.393 e. The van der Waals surface area contributed by atoms with Crippen LogP contribution in [0.1, 0.15) is 23.7 Å². The highest BCUT2D eigenvalue weighted by molar-refractivity contribution is 5.95. The Morgan fingerprint density at radius 2 is 2.29 bits per heavy atom. The van der Waals surface area contributed by atoms with Crippen LogP contribution >= 0.6 is 0 Å². The third-order valence-corrected chi connectivity index (χ3v) is 3.91. The average Bonchev–Trinajstić information content (AvgIpc) is 2.95. The first-order valence-corrected chi connectivity index (χ1v) is 6.87. The van der Waals surface area contributed by atoms with E-state index in [-0.39, 0.29) is 23.1 Å². The summed E-state index contributed by atoms with van der Waals surface area (Å²) in [6.07, 6.45) is 0.366. The Balaban J connectivity index is 2.32. The first-order valence-electron chi connectivity index (χ1n) is 6.87. The summed E-state index contributed by atoms with van der Waals surface area (Å²) in [6.45, 7) is 2.98. The second kappa shape index (κ2) is 6.09. The minimum absolute atomic E-state index is 0.0812. The number of nitro benzene ring substituents is 1. The molecule has 2 atom stereocenters. The van der Waals surface area contributed by atoms with E-state index in [1.54, 1.807) is 19.1 Å². The number of hydrogen-bond acceptors (Lipinski definition) is 5. The fourth-order valence-electron chi connectivity index (χ4n) is 2.62. The van der Waals surface area contributed by atoms with Crippen LogP contribution in [-0.4, -0.2) is 42.2 Å². The van der Waals surface area contributed by atoms with Crippen molar-refractivity contribution in [3.05, 3.63) is 33.9 Å². The molecule has 1 saturated heterocycles. The maximum Gasteiger partial charge on any atom is 0.293 e. The van der Waals surface area contributed by atoms with Gasteiger partial charge in [0.25, 0.3) is 11.6 Å². The average molecular weight is 293 g/mol. The van der Waals surface area contributed by atoms with Gasteiger partial charge in [-0.1, -0.05) is 0 Å². The Morgan fingerprint density at radius 1 is 1.57 bits per heavy atom. The van der Waals surface area contributed by atoms with Crippen molar-refractivity contribution in [2.75, 3.05) is 25.0 Å². The standard InChI is InChI=1S/C14H19N3O4/c1-9(18)11-5-6-16(8-11)12-4-3-10(14(19)15-2)7-13(12)17(20)21/h3-4,7,9,11,18H,5-6,8H2,1-2H3,(H,15,19). The molecule has 0 aromatic heterocycles. The lowest BCUT2D eigenvalue weighted by Gasteiger charge is -2.19. The summed E-state index contributed by atoms with van der Waals surface area (Å²) in [6, 6.07) is 4.48. The molecule has 2 rings (SSSR count). The molecule has 0 saturated carbocycles. The number of amides is 1. The summed E-state index contributed by atoms with van der Waals surface area (Å²) in [7, 11) is 1.48. The van der Waals surface area contributed by atoms with Crippen molar-refractivity contribution in [2.24, 2.45) is 5.92 Å². The lowest BCUT2D eigenvalue weighted by atomic mass is 10.0. The van der Waals surface area contributed by atoms with E-state index in [2.05, 4.69) is 5.32 Å². The van der Waals surface area contributed by atoms with E-state index in [1.165, 1.54) is 13.1 Å². The zero-order chi connectivity index (χ0) is 15.6. The number of nitrogens with one attached hydrogen (secondary N) is 1. The Hall–Kier alpha value is -2.15. The van der Waals surface area contributed by atoms with E-state index in [0.717, 1.165) is 6.42 Å². The number of carbonyl (C=O) groups excluding carboxylic acids is 1. The van der Waals surface area contributed by atoms with Crippen molar-refractivity contribution in [1.82, 2.24) is 5.32 Å². The van der Waals surface area contributed by atoms with Crippen LogP contribution in [-0.2, 0) is 0 Å². The van der Waals surface area contributed by atoms with Crippen molar-refractivity contribution >= 4 is 17.3 Å². The van der Waals surface area contributed by atoms with Crippen LogP contribution in [0.15, 0.2) is 18.2 Å². The molecule has 7 nitrogen and oxygen atoms in total. The topological polar surface area (TPSA) is 95.7 Å². The van der Waals surface area contributed by atoms with E-state index in [4.69, 9.17) is 0 Å². The highest BCUT2D eigenvalue weighted by Crippen LogP contribution is 2.33. The molecule has 0 aliphatic carbocycles. The van der Waals surface area contributed by atoms with Gasteiger partial charge in [-0.25, -0.2) is 0 Å². The van der Waals surface area contributed by atoms with Crippen LogP contribution in [0.3, 0.4) is 0 Å². The van der Waals surface area contributed by atoms with E-state index < -0.39 is 11.0 Å². The normalized spacial score (nSPS) is 19.4. The molecule has 1 fully saturated rings. The van der Waals surface area contributed by atoms with Crippen LogP contribution in [0.5, 0.6) is 0 Å². The van der Waals surface area contributed by atoms with Crippen molar-refractivity contribution in [2.45, 2.75) is 19.4 Å². The summed E-state index contributed by atoms with van der Waals surface area (Å²) in [4.78, 5) is 24.3. The fourth-order valence-corrected chi connectivity index (χ4v) is 2.62. The van der Waals surface area contributed by atoms with E-state index >= 15 is 0 Å². The lowest BCUT2D eigenvalue weighted by Crippen LogP contribution is -2.25. The van der Waals surface area contributed by atoms with Crippen LogP contribution in [0.2, 0.25) is 0 Å². The number of anilines is 1. The maximum absolute atomic E-state index is 11.6. The molecule has 7 heteroatoms. The van der Waals surface area contributed by atoms with Crippen molar-refractivity contribution in [3.8, 4) is 0 Å². The summed E-state index contributed by atoms with van der Waals surface area (Å²) < 4.78 is 0. The second-order valence-corrected chi connectivity index (χ2v) is 5.28. The SMILES string of the molecule is CNC(=O)c1ccc(N2CCC(C(C)O)C2)c([N+](=O)[O-])c1. The van der Waals surface area contributed by atoms with Crippen molar-refractivity contribution in [3.63, 3.8) is 0 Å². The molecular formula is C14H19N3O4.